The van der Waals surface area contributed by atoms with Crippen LogP contribution in [0.1, 0.15) is 30.1 Å². The standard InChI is InChI=1S/C15H17F2N3O/c16-12-4-1-5-13(17)11(12)8-15-19-14(20-21-15)7-10-3-2-6-18-9-10/h1,4-5,10,18H,2-3,6-9H2. The summed E-state index contributed by atoms with van der Waals surface area (Å²) in [6.07, 6.45) is 3.00. The van der Waals surface area contributed by atoms with Crippen LogP contribution < -0.4 is 5.32 Å². The van der Waals surface area contributed by atoms with Gasteiger partial charge in [0.15, 0.2) is 5.82 Å². The summed E-state index contributed by atoms with van der Waals surface area (Å²) in [5.74, 6) is 0.167. The number of halogens is 2. The Morgan fingerprint density at radius 2 is 2.10 bits per heavy atom. The number of benzene rings is 1. The highest BCUT2D eigenvalue weighted by Gasteiger charge is 2.18. The lowest BCUT2D eigenvalue weighted by Crippen LogP contribution is -2.31. The van der Waals surface area contributed by atoms with Gasteiger partial charge in [-0.25, -0.2) is 8.78 Å². The first kappa shape index (κ1) is 14.1. The molecule has 3 rings (SSSR count). The largest absolute Gasteiger partial charge is 0.339 e. The highest BCUT2D eigenvalue weighted by atomic mass is 19.1. The molecular formula is C15H17F2N3O. The predicted molar refractivity (Wildman–Crippen MR) is 72.8 cm³/mol. The Balaban J connectivity index is 1.67. The number of nitrogens with one attached hydrogen (secondary N) is 1. The normalized spacial score (nSPS) is 18.9. The monoisotopic (exact) mass is 293 g/mol. The topological polar surface area (TPSA) is 51.0 Å². The molecule has 0 aliphatic carbocycles. The van der Waals surface area contributed by atoms with Crippen molar-refractivity contribution in [2.75, 3.05) is 13.1 Å². The lowest BCUT2D eigenvalue weighted by Gasteiger charge is -2.20. The maximum Gasteiger partial charge on any atom is 0.231 e. The van der Waals surface area contributed by atoms with Gasteiger partial charge in [0.1, 0.15) is 11.6 Å². The molecule has 1 aliphatic heterocycles. The molecule has 21 heavy (non-hydrogen) atoms. The van der Waals surface area contributed by atoms with E-state index in [2.05, 4.69) is 15.5 Å². The minimum absolute atomic E-state index is 0.0194. The fourth-order valence-corrected chi connectivity index (χ4v) is 2.65. The zero-order valence-corrected chi connectivity index (χ0v) is 11.6. The molecule has 1 saturated heterocycles. The molecule has 1 aromatic carbocycles. The van der Waals surface area contributed by atoms with Gasteiger partial charge in [-0.1, -0.05) is 11.2 Å². The molecule has 2 heterocycles. The second-order valence-electron chi connectivity index (χ2n) is 5.40. The van der Waals surface area contributed by atoms with Gasteiger partial charge in [-0.05, 0) is 44.0 Å². The Labute approximate surface area is 121 Å². The van der Waals surface area contributed by atoms with E-state index in [4.69, 9.17) is 4.52 Å². The summed E-state index contributed by atoms with van der Waals surface area (Å²) in [6.45, 7) is 2.01. The van der Waals surface area contributed by atoms with Crippen LogP contribution in [0.3, 0.4) is 0 Å². The van der Waals surface area contributed by atoms with Gasteiger partial charge in [-0.15, -0.1) is 0 Å². The zero-order valence-electron chi connectivity index (χ0n) is 11.6. The summed E-state index contributed by atoms with van der Waals surface area (Å²) in [5, 5.41) is 7.24. The van der Waals surface area contributed by atoms with Gasteiger partial charge in [0, 0.05) is 12.0 Å². The van der Waals surface area contributed by atoms with E-state index >= 15 is 0 Å². The van der Waals surface area contributed by atoms with Crippen molar-refractivity contribution >= 4 is 0 Å². The van der Waals surface area contributed by atoms with E-state index in [1.165, 1.54) is 18.2 Å². The highest BCUT2D eigenvalue weighted by Crippen LogP contribution is 2.18. The molecule has 0 bridgehead atoms. The number of nitrogens with zero attached hydrogens (tertiary/aromatic N) is 2. The lowest BCUT2D eigenvalue weighted by molar-refractivity contribution is 0.350. The Hall–Kier alpha value is -1.82. The van der Waals surface area contributed by atoms with E-state index in [0.717, 1.165) is 32.4 Å². The maximum atomic E-state index is 13.6. The summed E-state index contributed by atoms with van der Waals surface area (Å²) >= 11 is 0. The Morgan fingerprint density at radius 3 is 2.81 bits per heavy atom. The number of hydrogen-bond donors (Lipinski definition) is 1. The van der Waals surface area contributed by atoms with Crippen LogP contribution in [0.4, 0.5) is 8.78 Å². The molecule has 4 nitrogen and oxygen atoms in total. The summed E-state index contributed by atoms with van der Waals surface area (Å²) in [7, 11) is 0. The van der Waals surface area contributed by atoms with Crippen molar-refractivity contribution in [3.8, 4) is 0 Å². The zero-order chi connectivity index (χ0) is 14.7. The van der Waals surface area contributed by atoms with Crippen LogP contribution in [-0.4, -0.2) is 23.2 Å². The third-order valence-corrected chi connectivity index (χ3v) is 3.77. The van der Waals surface area contributed by atoms with E-state index in [1.807, 2.05) is 0 Å². The lowest BCUT2D eigenvalue weighted by atomic mass is 9.96. The van der Waals surface area contributed by atoms with Crippen molar-refractivity contribution in [3.05, 3.63) is 47.1 Å². The van der Waals surface area contributed by atoms with E-state index in [1.54, 1.807) is 0 Å². The van der Waals surface area contributed by atoms with E-state index in [0.29, 0.717) is 11.7 Å². The molecule has 1 aromatic heterocycles. The third kappa shape index (κ3) is 3.44. The molecule has 1 aliphatic rings. The van der Waals surface area contributed by atoms with Gasteiger partial charge in [0.05, 0.1) is 6.42 Å². The van der Waals surface area contributed by atoms with Crippen LogP contribution in [0, 0.1) is 17.6 Å². The molecule has 1 N–H and O–H groups in total. The highest BCUT2D eigenvalue weighted by molar-refractivity contribution is 5.22. The predicted octanol–water partition coefficient (Wildman–Crippen LogP) is 2.48. The SMILES string of the molecule is Fc1cccc(F)c1Cc1nc(CC2CCCNC2)no1. The molecule has 112 valence electrons. The quantitative estimate of drug-likeness (QED) is 0.941. The molecule has 2 aromatic rings. The summed E-state index contributed by atoms with van der Waals surface area (Å²) < 4.78 is 32.3. The molecule has 0 spiro atoms. The van der Waals surface area contributed by atoms with Gasteiger partial charge in [0.2, 0.25) is 5.89 Å². The smallest absolute Gasteiger partial charge is 0.231 e. The maximum absolute atomic E-state index is 13.6. The molecule has 0 amide bonds. The minimum atomic E-state index is -0.591. The fraction of sp³-hybridized carbons (Fsp3) is 0.467. The second kappa shape index (κ2) is 6.30. The van der Waals surface area contributed by atoms with Gasteiger partial charge < -0.3 is 9.84 Å². The first-order valence-corrected chi connectivity index (χ1v) is 7.17. The van der Waals surface area contributed by atoms with Crippen molar-refractivity contribution in [1.82, 2.24) is 15.5 Å². The van der Waals surface area contributed by atoms with Gasteiger partial charge in [-0.2, -0.15) is 4.98 Å². The Kier molecular flexibility index (Phi) is 4.24. The summed E-state index contributed by atoms with van der Waals surface area (Å²) in [5.41, 5.74) is -0.0352. The van der Waals surface area contributed by atoms with Crippen LogP contribution in [-0.2, 0) is 12.8 Å². The van der Waals surface area contributed by atoms with Crippen LogP contribution >= 0.6 is 0 Å². The third-order valence-electron chi connectivity index (χ3n) is 3.77. The van der Waals surface area contributed by atoms with Crippen molar-refractivity contribution in [2.45, 2.75) is 25.7 Å². The second-order valence-corrected chi connectivity index (χ2v) is 5.40. The molecule has 0 saturated carbocycles. The molecule has 1 unspecified atom stereocenters. The number of piperidine rings is 1. The van der Waals surface area contributed by atoms with E-state index in [9.17, 15) is 8.78 Å². The minimum Gasteiger partial charge on any atom is -0.339 e. The Morgan fingerprint density at radius 1 is 1.29 bits per heavy atom. The van der Waals surface area contributed by atoms with Crippen molar-refractivity contribution in [2.24, 2.45) is 5.92 Å². The van der Waals surface area contributed by atoms with Gasteiger partial charge >= 0.3 is 0 Å². The van der Waals surface area contributed by atoms with Crippen LogP contribution in [0.15, 0.2) is 22.7 Å². The van der Waals surface area contributed by atoms with Crippen LogP contribution in [0.25, 0.3) is 0 Å². The average Bonchev–Trinajstić information content (AvgIpc) is 2.91. The van der Waals surface area contributed by atoms with Crippen LogP contribution in [0.5, 0.6) is 0 Å². The molecule has 1 fully saturated rings. The van der Waals surface area contributed by atoms with Gasteiger partial charge in [0.25, 0.3) is 0 Å². The molecule has 1 atom stereocenters. The average molecular weight is 293 g/mol. The first-order chi connectivity index (χ1) is 10.2. The van der Waals surface area contributed by atoms with E-state index < -0.39 is 11.6 Å². The first-order valence-electron chi connectivity index (χ1n) is 7.17. The summed E-state index contributed by atoms with van der Waals surface area (Å²) in [6, 6.07) is 3.79. The van der Waals surface area contributed by atoms with Crippen LogP contribution in [0.2, 0.25) is 0 Å². The van der Waals surface area contributed by atoms with Crippen molar-refractivity contribution < 1.29 is 13.3 Å². The number of aromatic nitrogens is 2. The molecule has 0 radical (unpaired) electrons. The number of hydrogen-bond acceptors (Lipinski definition) is 4. The molecular weight excluding hydrogens is 276 g/mol. The van der Waals surface area contributed by atoms with Crippen molar-refractivity contribution in [1.29, 1.82) is 0 Å². The van der Waals surface area contributed by atoms with E-state index in [-0.39, 0.29) is 17.9 Å². The molecule has 6 heteroatoms. The van der Waals surface area contributed by atoms with Crippen molar-refractivity contribution in [3.63, 3.8) is 0 Å². The summed E-state index contributed by atoms with van der Waals surface area (Å²) in [4.78, 5) is 4.24. The van der Waals surface area contributed by atoms with Gasteiger partial charge in [-0.3, -0.25) is 0 Å². The Bertz CT molecular complexity index is 588. The number of rotatable bonds is 4. The fourth-order valence-electron chi connectivity index (χ4n) is 2.65.